The summed E-state index contributed by atoms with van der Waals surface area (Å²) in [6, 6.07) is 9.84. The van der Waals surface area contributed by atoms with E-state index in [0.717, 1.165) is 11.3 Å². The molecule has 1 aliphatic rings. The van der Waals surface area contributed by atoms with E-state index < -0.39 is 17.9 Å². The molecule has 1 unspecified atom stereocenters. The van der Waals surface area contributed by atoms with Crippen molar-refractivity contribution in [2.24, 2.45) is 0 Å². The lowest BCUT2D eigenvalue weighted by atomic mass is 10.1. The van der Waals surface area contributed by atoms with Crippen molar-refractivity contribution < 1.29 is 14.4 Å². The number of carbonyl (C=O) groups is 3. The molecule has 24 heavy (non-hydrogen) atoms. The Kier molecular flexibility index (Phi) is 4.24. The molecule has 2 heterocycles. The monoisotopic (exact) mass is 324 g/mol. The van der Waals surface area contributed by atoms with Crippen LogP contribution in [0.2, 0.25) is 0 Å². The average Bonchev–Trinajstić information content (AvgIpc) is 2.86. The van der Waals surface area contributed by atoms with Crippen molar-refractivity contribution in [2.75, 3.05) is 11.9 Å². The number of para-hydroxylation sites is 1. The summed E-state index contributed by atoms with van der Waals surface area (Å²) in [7, 11) is 1.63. The van der Waals surface area contributed by atoms with Gasteiger partial charge in [-0.15, -0.1) is 0 Å². The fourth-order valence-corrected chi connectivity index (χ4v) is 2.58. The maximum Gasteiger partial charge on any atom is 0.310 e. The number of nitrogens with zero attached hydrogens (tertiary/aromatic N) is 2. The number of amides is 3. The van der Waals surface area contributed by atoms with Gasteiger partial charge >= 0.3 is 11.8 Å². The highest BCUT2D eigenvalue weighted by molar-refractivity contribution is 6.35. The molecular weight excluding hydrogens is 308 g/mol. The van der Waals surface area contributed by atoms with Crippen LogP contribution in [0.25, 0.3) is 0 Å². The van der Waals surface area contributed by atoms with Gasteiger partial charge in [-0.3, -0.25) is 19.4 Å². The van der Waals surface area contributed by atoms with Crippen LogP contribution in [0.15, 0.2) is 48.8 Å². The summed E-state index contributed by atoms with van der Waals surface area (Å²) >= 11 is 0. The predicted molar refractivity (Wildman–Crippen MR) is 86.8 cm³/mol. The Hall–Kier alpha value is -3.22. The van der Waals surface area contributed by atoms with Gasteiger partial charge in [0.2, 0.25) is 0 Å². The molecule has 0 saturated carbocycles. The molecule has 0 spiro atoms. The molecule has 0 bridgehead atoms. The molecule has 1 aliphatic heterocycles. The van der Waals surface area contributed by atoms with Crippen molar-refractivity contribution in [3.05, 3.63) is 59.9 Å². The molecule has 7 heteroatoms. The summed E-state index contributed by atoms with van der Waals surface area (Å²) in [6.45, 7) is 0.190. The third-order valence-corrected chi connectivity index (χ3v) is 3.84. The fraction of sp³-hybridized carbons (Fsp3) is 0.176. The minimum Gasteiger partial charge on any atom is -0.344 e. The largest absolute Gasteiger partial charge is 0.344 e. The number of aromatic nitrogens is 1. The van der Waals surface area contributed by atoms with Gasteiger partial charge in [0.25, 0.3) is 5.91 Å². The molecule has 2 N–H and O–H groups in total. The molecule has 0 saturated heterocycles. The number of hydrogen-bond donors (Lipinski definition) is 2. The summed E-state index contributed by atoms with van der Waals surface area (Å²) in [6.07, 6.45) is 3.22. The highest BCUT2D eigenvalue weighted by atomic mass is 16.2. The lowest BCUT2D eigenvalue weighted by molar-refractivity contribution is -0.140. The van der Waals surface area contributed by atoms with Gasteiger partial charge in [-0.2, -0.15) is 0 Å². The lowest BCUT2D eigenvalue weighted by Crippen LogP contribution is -2.43. The molecule has 7 nitrogen and oxygen atoms in total. The van der Waals surface area contributed by atoms with Crippen LogP contribution in [0.1, 0.15) is 17.2 Å². The third kappa shape index (κ3) is 2.96. The zero-order valence-corrected chi connectivity index (χ0v) is 13.0. The highest BCUT2D eigenvalue weighted by Gasteiger charge is 2.36. The van der Waals surface area contributed by atoms with E-state index in [-0.39, 0.29) is 12.5 Å². The number of anilines is 1. The number of carbonyl (C=O) groups excluding carboxylic acids is 3. The summed E-state index contributed by atoms with van der Waals surface area (Å²) < 4.78 is 0. The number of nitrogens with one attached hydrogen (secondary N) is 2. The average molecular weight is 324 g/mol. The van der Waals surface area contributed by atoms with Gasteiger partial charge in [-0.05, 0) is 17.7 Å². The van der Waals surface area contributed by atoms with Crippen molar-refractivity contribution in [3.8, 4) is 0 Å². The first-order valence-corrected chi connectivity index (χ1v) is 7.42. The number of benzene rings is 1. The number of hydrogen-bond acceptors (Lipinski definition) is 4. The van der Waals surface area contributed by atoms with Crippen LogP contribution in [0, 0.1) is 0 Å². The van der Waals surface area contributed by atoms with Crippen LogP contribution in [0.5, 0.6) is 0 Å². The maximum atomic E-state index is 12.3. The Labute approximate surface area is 138 Å². The number of pyridine rings is 1. The van der Waals surface area contributed by atoms with Crippen molar-refractivity contribution in [2.45, 2.75) is 12.6 Å². The molecule has 0 aliphatic carbocycles. The molecule has 3 amide bonds. The Balaban J connectivity index is 1.64. The van der Waals surface area contributed by atoms with E-state index in [2.05, 4.69) is 15.6 Å². The van der Waals surface area contributed by atoms with Gasteiger partial charge in [0.15, 0.2) is 0 Å². The lowest BCUT2D eigenvalue weighted by Gasteiger charge is -2.13. The Morgan fingerprint density at radius 1 is 1.17 bits per heavy atom. The number of fused-ring (bicyclic) bond motifs is 1. The van der Waals surface area contributed by atoms with Crippen LogP contribution in [-0.2, 0) is 20.9 Å². The molecule has 0 fully saturated rings. The minimum absolute atomic E-state index is 0.190. The topological polar surface area (TPSA) is 91.4 Å². The summed E-state index contributed by atoms with van der Waals surface area (Å²) in [4.78, 5) is 41.7. The zero-order valence-electron chi connectivity index (χ0n) is 13.0. The van der Waals surface area contributed by atoms with Gasteiger partial charge in [0.05, 0.1) is 0 Å². The standard InChI is InChI=1S/C17H16N4O3/c1-21-13-7-3-2-6-12(13)14(17(21)24)20-16(23)15(22)19-10-11-5-4-8-18-9-11/h2-9,14H,10H2,1H3,(H,19,22)(H,20,23). The quantitative estimate of drug-likeness (QED) is 0.806. The maximum absolute atomic E-state index is 12.3. The van der Waals surface area contributed by atoms with E-state index in [9.17, 15) is 14.4 Å². The van der Waals surface area contributed by atoms with Crippen molar-refractivity contribution >= 4 is 23.4 Å². The Morgan fingerprint density at radius 2 is 1.96 bits per heavy atom. The number of rotatable bonds is 3. The second-order valence-electron chi connectivity index (χ2n) is 5.41. The Bertz CT molecular complexity index is 791. The summed E-state index contributed by atoms with van der Waals surface area (Å²) in [5, 5.41) is 5.00. The van der Waals surface area contributed by atoms with Crippen LogP contribution < -0.4 is 15.5 Å². The second-order valence-corrected chi connectivity index (χ2v) is 5.41. The van der Waals surface area contributed by atoms with Crippen LogP contribution in [-0.4, -0.2) is 29.8 Å². The van der Waals surface area contributed by atoms with Gasteiger partial charge in [0, 0.05) is 37.2 Å². The first kappa shape index (κ1) is 15.7. The van der Waals surface area contributed by atoms with Crippen molar-refractivity contribution in [1.29, 1.82) is 0 Å². The van der Waals surface area contributed by atoms with Gasteiger partial charge in [-0.1, -0.05) is 24.3 Å². The fourth-order valence-electron chi connectivity index (χ4n) is 2.58. The molecule has 1 aromatic carbocycles. The molecule has 0 radical (unpaired) electrons. The highest BCUT2D eigenvalue weighted by Crippen LogP contribution is 2.34. The van der Waals surface area contributed by atoms with E-state index in [0.29, 0.717) is 5.56 Å². The van der Waals surface area contributed by atoms with Crippen LogP contribution >= 0.6 is 0 Å². The normalized spacial score (nSPS) is 15.8. The molecule has 122 valence electrons. The molecule has 3 rings (SSSR count). The first-order valence-electron chi connectivity index (χ1n) is 7.42. The van der Waals surface area contributed by atoms with E-state index in [4.69, 9.17) is 0 Å². The minimum atomic E-state index is -0.845. The number of likely N-dealkylation sites (N-methyl/N-ethyl adjacent to an activating group) is 1. The van der Waals surface area contributed by atoms with E-state index in [1.165, 1.54) is 4.90 Å². The van der Waals surface area contributed by atoms with E-state index in [1.807, 2.05) is 6.07 Å². The second kappa shape index (κ2) is 6.49. The SMILES string of the molecule is CN1C(=O)C(NC(=O)C(=O)NCc2cccnc2)c2ccccc21. The van der Waals surface area contributed by atoms with E-state index in [1.54, 1.807) is 49.8 Å². The molecule has 1 aromatic heterocycles. The van der Waals surface area contributed by atoms with Crippen LogP contribution in [0.4, 0.5) is 5.69 Å². The summed E-state index contributed by atoms with van der Waals surface area (Å²) in [5.41, 5.74) is 2.18. The predicted octanol–water partition coefficient (Wildman–Crippen LogP) is 0.532. The molecule has 1 atom stereocenters. The van der Waals surface area contributed by atoms with Crippen molar-refractivity contribution in [3.63, 3.8) is 0 Å². The molecule has 2 aromatic rings. The van der Waals surface area contributed by atoms with Crippen molar-refractivity contribution in [1.82, 2.24) is 15.6 Å². The first-order chi connectivity index (χ1) is 11.6. The smallest absolute Gasteiger partial charge is 0.310 e. The van der Waals surface area contributed by atoms with Crippen LogP contribution in [0.3, 0.4) is 0 Å². The molecular formula is C17H16N4O3. The van der Waals surface area contributed by atoms with Gasteiger partial charge < -0.3 is 15.5 Å². The Morgan fingerprint density at radius 3 is 2.71 bits per heavy atom. The van der Waals surface area contributed by atoms with Gasteiger partial charge in [-0.25, -0.2) is 0 Å². The van der Waals surface area contributed by atoms with E-state index >= 15 is 0 Å². The zero-order chi connectivity index (χ0) is 17.1. The van der Waals surface area contributed by atoms with Gasteiger partial charge in [0.1, 0.15) is 6.04 Å². The third-order valence-electron chi connectivity index (χ3n) is 3.84. The summed E-state index contributed by atoms with van der Waals surface area (Å²) in [5.74, 6) is -1.91.